The number of alkyl halides is 3. The van der Waals surface area contributed by atoms with E-state index in [4.69, 9.17) is 4.74 Å². The molecular weight excluding hydrogens is 385 g/mol. The highest BCUT2D eigenvalue weighted by molar-refractivity contribution is 5.96. The molecule has 1 saturated heterocycles. The molecule has 2 aromatic carbocycles. The van der Waals surface area contributed by atoms with Crippen molar-refractivity contribution in [2.24, 2.45) is 0 Å². The summed E-state index contributed by atoms with van der Waals surface area (Å²) in [4.78, 5) is 25.9. The van der Waals surface area contributed by atoms with Crippen molar-refractivity contribution in [3.63, 3.8) is 0 Å². The molecule has 0 aliphatic carbocycles. The number of anilines is 1. The summed E-state index contributed by atoms with van der Waals surface area (Å²) in [6.07, 6.45) is -2.04. The molecule has 8 heteroatoms. The number of nitrogens with one attached hydrogen (secondary N) is 1. The van der Waals surface area contributed by atoms with Crippen molar-refractivity contribution in [1.29, 1.82) is 0 Å². The average molecular weight is 406 g/mol. The number of nitrogens with zero attached hydrogens (tertiary/aromatic N) is 1. The molecule has 3 rings (SSSR count). The molecular formula is C21H21F3N2O3. The molecule has 2 amide bonds. The molecule has 0 aromatic heterocycles. The lowest BCUT2D eigenvalue weighted by molar-refractivity contribution is -0.137. The normalized spacial score (nSPS) is 14.6. The van der Waals surface area contributed by atoms with Crippen LogP contribution >= 0.6 is 0 Å². The van der Waals surface area contributed by atoms with Crippen LogP contribution in [0.15, 0.2) is 48.5 Å². The van der Waals surface area contributed by atoms with Gasteiger partial charge >= 0.3 is 6.18 Å². The highest BCUT2D eigenvalue weighted by Gasteiger charge is 2.30. The molecule has 0 unspecified atom stereocenters. The number of ether oxygens (including phenoxy) is 1. The van der Waals surface area contributed by atoms with E-state index in [1.165, 1.54) is 12.1 Å². The lowest BCUT2D eigenvalue weighted by Crippen LogP contribution is -2.35. The van der Waals surface area contributed by atoms with Crippen LogP contribution in [0, 0.1) is 0 Å². The number of hydrogen-bond acceptors (Lipinski definition) is 3. The van der Waals surface area contributed by atoms with E-state index in [-0.39, 0.29) is 30.7 Å². The van der Waals surface area contributed by atoms with Crippen molar-refractivity contribution in [2.75, 3.05) is 24.6 Å². The van der Waals surface area contributed by atoms with Crippen LogP contribution in [0.5, 0.6) is 5.75 Å². The number of carbonyl (C=O) groups is 2. The van der Waals surface area contributed by atoms with E-state index in [0.717, 1.165) is 30.7 Å². The number of hydrogen-bond donors (Lipinski definition) is 1. The Morgan fingerprint density at radius 2 is 1.86 bits per heavy atom. The second-order valence-electron chi connectivity index (χ2n) is 6.68. The third-order valence-corrected chi connectivity index (χ3v) is 4.58. The minimum Gasteiger partial charge on any atom is -0.492 e. The zero-order valence-corrected chi connectivity index (χ0v) is 15.7. The molecule has 154 valence electrons. The van der Waals surface area contributed by atoms with Gasteiger partial charge in [-0.25, -0.2) is 0 Å². The van der Waals surface area contributed by atoms with Gasteiger partial charge in [-0.05, 0) is 55.3 Å². The highest BCUT2D eigenvalue weighted by atomic mass is 19.4. The molecule has 1 heterocycles. The fourth-order valence-electron chi connectivity index (χ4n) is 3.07. The molecule has 0 saturated carbocycles. The van der Waals surface area contributed by atoms with Gasteiger partial charge in [0.05, 0.1) is 12.1 Å². The van der Waals surface area contributed by atoms with Crippen molar-refractivity contribution in [1.82, 2.24) is 5.32 Å². The second-order valence-corrected chi connectivity index (χ2v) is 6.68. The Morgan fingerprint density at radius 3 is 2.55 bits per heavy atom. The second kappa shape index (κ2) is 8.98. The number of halogens is 3. The number of amides is 2. The first-order valence-electron chi connectivity index (χ1n) is 9.33. The predicted molar refractivity (Wildman–Crippen MR) is 102 cm³/mol. The first kappa shape index (κ1) is 20.7. The number of carbonyl (C=O) groups excluding carboxylic acids is 2. The summed E-state index contributed by atoms with van der Waals surface area (Å²) in [5, 5.41) is 2.66. The van der Waals surface area contributed by atoms with Crippen molar-refractivity contribution in [3.05, 3.63) is 59.7 Å². The highest BCUT2D eigenvalue weighted by Crippen LogP contribution is 2.31. The molecule has 0 radical (unpaired) electrons. The first-order chi connectivity index (χ1) is 13.8. The van der Waals surface area contributed by atoms with E-state index in [9.17, 15) is 22.8 Å². The molecule has 1 aliphatic heterocycles. The molecule has 1 fully saturated rings. The van der Waals surface area contributed by atoms with Crippen molar-refractivity contribution in [3.8, 4) is 5.75 Å². The Bertz CT molecular complexity index is 866. The quantitative estimate of drug-likeness (QED) is 0.737. The van der Waals surface area contributed by atoms with E-state index in [0.29, 0.717) is 18.5 Å². The first-order valence-corrected chi connectivity index (χ1v) is 9.33. The van der Waals surface area contributed by atoms with Crippen LogP contribution in [0.1, 0.15) is 35.2 Å². The van der Waals surface area contributed by atoms with Gasteiger partial charge < -0.3 is 15.0 Å². The van der Waals surface area contributed by atoms with Gasteiger partial charge in [-0.2, -0.15) is 13.2 Å². The maximum absolute atomic E-state index is 12.7. The van der Waals surface area contributed by atoms with Gasteiger partial charge in [-0.1, -0.05) is 6.07 Å². The summed E-state index contributed by atoms with van der Waals surface area (Å²) in [6.45, 7) is 0.853. The van der Waals surface area contributed by atoms with Crippen LogP contribution in [-0.2, 0) is 11.0 Å². The third-order valence-electron chi connectivity index (χ3n) is 4.58. The van der Waals surface area contributed by atoms with Gasteiger partial charge in [0.15, 0.2) is 0 Å². The van der Waals surface area contributed by atoms with Gasteiger partial charge in [0, 0.05) is 24.2 Å². The van der Waals surface area contributed by atoms with E-state index >= 15 is 0 Å². The number of benzene rings is 2. The fourth-order valence-corrected chi connectivity index (χ4v) is 3.07. The predicted octanol–water partition coefficient (Wildman–Crippen LogP) is 4.03. The van der Waals surface area contributed by atoms with Crippen LogP contribution in [0.25, 0.3) is 0 Å². The lowest BCUT2D eigenvalue weighted by Gasteiger charge is -2.26. The van der Waals surface area contributed by atoms with E-state index in [1.807, 2.05) is 0 Å². The smallest absolute Gasteiger partial charge is 0.416 e. The Balaban J connectivity index is 1.48. The van der Waals surface area contributed by atoms with Crippen LogP contribution in [0.3, 0.4) is 0 Å². The fraction of sp³-hybridized carbons (Fsp3) is 0.333. The van der Waals surface area contributed by atoms with Crippen molar-refractivity contribution >= 4 is 17.5 Å². The Labute approximate surface area is 166 Å². The molecule has 1 N–H and O–H groups in total. The molecule has 1 aliphatic rings. The molecule has 0 spiro atoms. The average Bonchev–Trinajstić information content (AvgIpc) is 2.71. The molecule has 0 bridgehead atoms. The molecule has 0 atom stereocenters. The molecule has 29 heavy (non-hydrogen) atoms. The number of rotatable bonds is 6. The SMILES string of the molecule is O=C(NCCOc1cccc(C(F)(F)F)c1)c1ccc(N2CCCCC2=O)cc1. The van der Waals surface area contributed by atoms with Crippen LogP contribution in [0.4, 0.5) is 18.9 Å². The maximum atomic E-state index is 12.7. The van der Waals surface area contributed by atoms with Gasteiger partial charge in [0.1, 0.15) is 12.4 Å². The summed E-state index contributed by atoms with van der Waals surface area (Å²) in [5.74, 6) is -0.154. The zero-order chi connectivity index (χ0) is 20.9. The summed E-state index contributed by atoms with van der Waals surface area (Å²) < 4.78 is 43.3. The standard InChI is InChI=1S/C21H21F3N2O3/c22-21(23,24)16-4-3-5-18(14-16)29-13-11-25-20(28)15-7-9-17(10-8-15)26-12-2-1-6-19(26)27/h3-5,7-10,14H,1-2,6,11-13H2,(H,25,28). The van der Waals surface area contributed by atoms with Crippen molar-refractivity contribution in [2.45, 2.75) is 25.4 Å². The Kier molecular flexibility index (Phi) is 6.41. The molecule has 2 aromatic rings. The Morgan fingerprint density at radius 1 is 1.10 bits per heavy atom. The van der Waals surface area contributed by atoms with Gasteiger partial charge in [0.2, 0.25) is 5.91 Å². The van der Waals surface area contributed by atoms with Gasteiger partial charge in [-0.3, -0.25) is 9.59 Å². The lowest BCUT2D eigenvalue weighted by atomic mass is 10.1. The topological polar surface area (TPSA) is 58.6 Å². The van der Waals surface area contributed by atoms with Gasteiger partial charge in [0.25, 0.3) is 5.91 Å². The summed E-state index contributed by atoms with van der Waals surface area (Å²) in [7, 11) is 0. The van der Waals surface area contributed by atoms with E-state index < -0.39 is 11.7 Å². The summed E-state index contributed by atoms with van der Waals surface area (Å²) in [5.41, 5.74) is 0.405. The minimum absolute atomic E-state index is 0.0351. The molecule has 5 nitrogen and oxygen atoms in total. The third kappa shape index (κ3) is 5.49. The van der Waals surface area contributed by atoms with E-state index in [2.05, 4.69) is 5.32 Å². The summed E-state index contributed by atoms with van der Waals surface area (Å²) >= 11 is 0. The maximum Gasteiger partial charge on any atom is 0.416 e. The zero-order valence-electron chi connectivity index (χ0n) is 15.7. The van der Waals surface area contributed by atoms with E-state index in [1.54, 1.807) is 29.2 Å². The van der Waals surface area contributed by atoms with Crippen LogP contribution < -0.4 is 15.0 Å². The summed E-state index contributed by atoms with van der Waals surface area (Å²) in [6, 6.07) is 11.3. The Hall–Kier alpha value is -3.03. The minimum atomic E-state index is -4.43. The van der Waals surface area contributed by atoms with Crippen LogP contribution in [0.2, 0.25) is 0 Å². The van der Waals surface area contributed by atoms with Crippen LogP contribution in [-0.4, -0.2) is 31.5 Å². The largest absolute Gasteiger partial charge is 0.492 e. The van der Waals surface area contributed by atoms with Crippen molar-refractivity contribution < 1.29 is 27.5 Å². The number of piperidine rings is 1. The monoisotopic (exact) mass is 406 g/mol. The van der Waals surface area contributed by atoms with Gasteiger partial charge in [-0.15, -0.1) is 0 Å².